The summed E-state index contributed by atoms with van der Waals surface area (Å²) in [4.78, 5) is 33.0. The predicted molar refractivity (Wildman–Crippen MR) is 148 cm³/mol. The number of fused-ring (bicyclic) bond motifs is 1. The van der Waals surface area contributed by atoms with Crippen LogP contribution in [0.4, 0.5) is 5.69 Å². The number of aryl methyl sites for hydroxylation is 2. The molecule has 1 atom stereocenters. The zero-order chi connectivity index (χ0) is 28.6. The second-order valence-corrected chi connectivity index (χ2v) is 9.19. The zero-order valence-corrected chi connectivity index (χ0v) is 22.4. The molecule has 1 unspecified atom stereocenters. The Morgan fingerprint density at radius 3 is 2.33 bits per heavy atom. The van der Waals surface area contributed by atoms with E-state index in [0.29, 0.717) is 22.6 Å². The van der Waals surface area contributed by atoms with Crippen LogP contribution in [0.3, 0.4) is 0 Å². The number of aromatic nitrogens is 3. The van der Waals surface area contributed by atoms with Gasteiger partial charge < -0.3 is 15.2 Å². The molecule has 40 heavy (non-hydrogen) atoms. The summed E-state index contributed by atoms with van der Waals surface area (Å²) in [6, 6.07) is 22.0. The number of nitriles is 1. The van der Waals surface area contributed by atoms with Crippen molar-refractivity contribution in [2.75, 3.05) is 19.1 Å². The highest BCUT2D eigenvalue weighted by Gasteiger charge is 2.43. The maximum Gasteiger partial charge on any atom is 0.355 e. The molecule has 0 aliphatic carbocycles. The van der Waals surface area contributed by atoms with E-state index in [1.165, 1.54) is 19.1 Å². The molecule has 0 saturated carbocycles. The van der Waals surface area contributed by atoms with Crippen LogP contribution in [-0.4, -0.2) is 40.9 Å². The van der Waals surface area contributed by atoms with Gasteiger partial charge in [0.25, 0.3) is 0 Å². The van der Waals surface area contributed by atoms with Crippen molar-refractivity contribution in [2.45, 2.75) is 19.8 Å². The number of nitrogens with two attached hydrogens (primary N) is 1. The van der Waals surface area contributed by atoms with Crippen LogP contribution in [0, 0.1) is 25.2 Å². The lowest BCUT2D eigenvalue weighted by atomic mass is 9.81. The Hall–Kier alpha value is -5.43. The first-order valence-corrected chi connectivity index (χ1v) is 12.4. The van der Waals surface area contributed by atoms with Gasteiger partial charge in [0.15, 0.2) is 5.82 Å². The molecule has 10 heteroatoms. The topological polar surface area (TPSA) is 136 Å². The van der Waals surface area contributed by atoms with Crippen LogP contribution in [0.5, 0.6) is 0 Å². The highest BCUT2D eigenvalue weighted by atomic mass is 16.5. The van der Waals surface area contributed by atoms with Crippen molar-refractivity contribution in [2.24, 2.45) is 5.73 Å². The van der Waals surface area contributed by atoms with Crippen molar-refractivity contribution in [1.82, 2.24) is 14.8 Å². The molecular formula is C30H26N6O4. The van der Waals surface area contributed by atoms with Gasteiger partial charge in [-0.05, 0) is 43.7 Å². The number of esters is 2. The van der Waals surface area contributed by atoms with Gasteiger partial charge in [-0.2, -0.15) is 10.4 Å². The number of carbonyl (C=O) groups excluding carboxylic acids is 2. The first-order chi connectivity index (χ1) is 19.3. The maximum absolute atomic E-state index is 13.4. The van der Waals surface area contributed by atoms with Gasteiger partial charge in [0.1, 0.15) is 11.5 Å². The minimum absolute atomic E-state index is 0.0322. The van der Waals surface area contributed by atoms with Gasteiger partial charge in [-0.3, -0.25) is 4.90 Å². The van der Waals surface area contributed by atoms with Crippen molar-refractivity contribution in [3.8, 4) is 11.9 Å². The molecule has 2 aromatic carbocycles. The predicted octanol–water partition coefficient (Wildman–Crippen LogP) is 3.94. The third-order valence-electron chi connectivity index (χ3n) is 6.76. The highest BCUT2D eigenvalue weighted by molar-refractivity contribution is 6.08. The van der Waals surface area contributed by atoms with E-state index in [4.69, 9.17) is 20.2 Å². The molecule has 3 heterocycles. The van der Waals surface area contributed by atoms with Gasteiger partial charge in [-0.1, -0.05) is 42.5 Å². The van der Waals surface area contributed by atoms with Crippen LogP contribution in [0.2, 0.25) is 0 Å². The summed E-state index contributed by atoms with van der Waals surface area (Å²) < 4.78 is 12.0. The average molecular weight is 535 g/mol. The second kappa shape index (κ2) is 10.4. The van der Waals surface area contributed by atoms with Gasteiger partial charge >= 0.3 is 11.9 Å². The Morgan fingerprint density at radius 2 is 1.70 bits per heavy atom. The lowest BCUT2D eigenvalue weighted by Gasteiger charge is -2.36. The molecule has 0 fully saturated rings. The van der Waals surface area contributed by atoms with Crippen LogP contribution in [-0.2, 0) is 19.1 Å². The maximum atomic E-state index is 13.4. The normalized spacial score (nSPS) is 15.3. The molecule has 0 bridgehead atoms. The summed E-state index contributed by atoms with van der Waals surface area (Å²) in [5.41, 5.74) is 9.69. The number of hydrogen-bond acceptors (Lipinski definition) is 9. The van der Waals surface area contributed by atoms with E-state index in [1.54, 1.807) is 41.1 Å². The molecule has 10 nitrogen and oxygen atoms in total. The van der Waals surface area contributed by atoms with Crippen LogP contribution in [0.15, 0.2) is 89.4 Å². The summed E-state index contributed by atoms with van der Waals surface area (Å²) in [5, 5.41) is 15.6. The number of hydrogen-bond donors (Lipinski definition) is 1. The Kier molecular flexibility index (Phi) is 6.80. The minimum atomic E-state index is -0.961. The van der Waals surface area contributed by atoms with Gasteiger partial charge in [-0.25, -0.2) is 19.3 Å². The molecule has 5 rings (SSSR count). The molecule has 0 saturated heterocycles. The first-order valence-electron chi connectivity index (χ1n) is 12.4. The molecule has 200 valence electrons. The van der Waals surface area contributed by atoms with Crippen molar-refractivity contribution in [1.29, 1.82) is 5.26 Å². The summed E-state index contributed by atoms with van der Waals surface area (Å²) in [6.45, 7) is 3.82. The largest absolute Gasteiger partial charge is 0.466 e. The fraction of sp³-hybridized carbons (Fsp3) is 0.167. The number of benzene rings is 2. The number of allylic oxidation sites excluding steroid dienone is 1. The standard InChI is InChI=1S/C30H26N6O4/c1-17-15-18(2)36(34-17)23-14-13-20-11-8-12-22(26(20)33-23)35-27(30(38)40-4)25(29(37)39-3)24(21(16-31)28(35)32)19-9-6-5-7-10-19/h5-15,24H,32H2,1-4H3. The molecule has 2 aromatic heterocycles. The molecular weight excluding hydrogens is 508 g/mol. The van der Waals surface area contributed by atoms with Crippen LogP contribution in [0.1, 0.15) is 22.9 Å². The monoisotopic (exact) mass is 534 g/mol. The van der Waals surface area contributed by atoms with Crippen molar-refractivity contribution in [3.05, 3.63) is 106 Å². The Balaban J connectivity index is 1.85. The van der Waals surface area contributed by atoms with Gasteiger partial charge in [0.05, 0.1) is 54.3 Å². The number of nitrogens with zero attached hydrogens (tertiary/aromatic N) is 5. The molecule has 4 aromatic rings. The number of ether oxygens (including phenoxy) is 2. The fourth-order valence-electron chi connectivity index (χ4n) is 5.04. The molecule has 2 N–H and O–H groups in total. The quantitative estimate of drug-likeness (QED) is 0.378. The fourth-order valence-corrected chi connectivity index (χ4v) is 5.04. The Bertz CT molecular complexity index is 1760. The SMILES string of the molecule is COC(=O)C1=C(C(=O)OC)N(c2cccc3ccc(-n4nc(C)cc4C)nc23)C(N)=C(C#N)C1c1ccccc1. The molecule has 0 spiro atoms. The van der Waals surface area contributed by atoms with Crippen LogP contribution in [0.25, 0.3) is 16.7 Å². The average Bonchev–Trinajstić information content (AvgIpc) is 3.32. The second-order valence-electron chi connectivity index (χ2n) is 9.19. The number of para-hydroxylation sites is 1. The van der Waals surface area contributed by atoms with Crippen LogP contribution >= 0.6 is 0 Å². The van der Waals surface area contributed by atoms with Gasteiger partial charge in [-0.15, -0.1) is 0 Å². The van der Waals surface area contributed by atoms with E-state index in [2.05, 4.69) is 11.2 Å². The number of anilines is 1. The van der Waals surface area contributed by atoms with Gasteiger partial charge in [0.2, 0.25) is 0 Å². The molecule has 0 amide bonds. The van der Waals surface area contributed by atoms with E-state index in [1.807, 2.05) is 44.2 Å². The van der Waals surface area contributed by atoms with E-state index in [0.717, 1.165) is 16.8 Å². The van der Waals surface area contributed by atoms with E-state index in [-0.39, 0.29) is 22.7 Å². The number of pyridine rings is 1. The van der Waals surface area contributed by atoms with E-state index < -0.39 is 17.9 Å². The van der Waals surface area contributed by atoms with E-state index >= 15 is 0 Å². The summed E-state index contributed by atoms with van der Waals surface area (Å²) in [5.74, 6) is -2.07. The van der Waals surface area contributed by atoms with Crippen molar-refractivity contribution < 1.29 is 19.1 Å². The number of methoxy groups -OCH3 is 2. The smallest absolute Gasteiger partial charge is 0.355 e. The lowest BCUT2D eigenvalue weighted by molar-refractivity contribution is -0.139. The van der Waals surface area contributed by atoms with E-state index in [9.17, 15) is 14.9 Å². The van der Waals surface area contributed by atoms with Gasteiger partial charge in [0, 0.05) is 11.1 Å². The number of rotatable bonds is 5. The number of carbonyl (C=O) groups is 2. The van der Waals surface area contributed by atoms with Crippen LogP contribution < -0.4 is 10.6 Å². The summed E-state index contributed by atoms with van der Waals surface area (Å²) >= 11 is 0. The summed E-state index contributed by atoms with van der Waals surface area (Å²) in [6.07, 6.45) is 0. The van der Waals surface area contributed by atoms with Crippen molar-refractivity contribution >= 4 is 28.5 Å². The third-order valence-corrected chi connectivity index (χ3v) is 6.76. The van der Waals surface area contributed by atoms with Crippen molar-refractivity contribution in [3.63, 3.8) is 0 Å². The minimum Gasteiger partial charge on any atom is -0.466 e. The Labute approximate surface area is 230 Å². The summed E-state index contributed by atoms with van der Waals surface area (Å²) in [7, 11) is 2.42. The zero-order valence-electron chi connectivity index (χ0n) is 22.4. The molecule has 1 aliphatic heterocycles. The molecule has 1 aliphatic rings. The highest BCUT2D eigenvalue weighted by Crippen LogP contribution is 2.44. The third kappa shape index (κ3) is 4.23. The lowest BCUT2D eigenvalue weighted by Crippen LogP contribution is -2.41. The first kappa shape index (κ1) is 26.2. The Morgan fingerprint density at radius 1 is 0.975 bits per heavy atom. The molecule has 0 radical (unpaired) electrons.